The van der Waals surface area contributed by atoms with Crippen LogP contribution < -0.4 is 15.8 Å². The molecule has 0 saturated carbocycles. The van der Waals surface area contributed by atoms with E-state index in [1.54, 1.807) is 16.9 Å². The number of allylic oxidation sites excluding steroid dienone is 1. The quantitative estimate of drug-likeness (QED) is 0.113. The molecule has 0 aliphatic heterocycles. The molecule has 2 rings (SSSR count). The first kappa shape index (κ1) is 35.7. The molecule has 2 amide bonds. The number of alkyl halides is 6. The summed E-state index contributed by atoms with van der Waals surface area (Å²) in [6.07, 6.45) is -9.05. The van der Waals surface area contributed by atoms with Gasteiger partial charge in [0.05, 0.1) is 11.5 Å². The van der Waals surface area contributed by atoms with E-state index in [1.165, 1.54) is 44.2 Å². The van der Waals surface area contributed by atoms with E-state index in [9.17, 15) is 46.0 Å². The Kier molecular flexibility index (Phi) is 12.0. The van der Waals surface area contributed by atoms with Crippen molar-refractivity contribution in [3.05, 3.63) is 88.6 Å². The summed E-state index contributed by atoms with van der Waals surface area (Å²) in [6, 6.07) is 7.06. The number of anilines is 1. The summed E-state index contributed by atoms with van der Waals surface area (Å²) >= 11 is 0. The Bertz CT molecular complexity index is 1350. The summed E-state index contributed by atoms with van der Waals surface area (Å²) in [7, 11) is 0. The Morgan fingerprint density at radius 2 is 1.68 bits per heavy atom. The third-order valence-corrected chi connectivity index (χ3v) is 6.31. The minimum atomic E-state index is -5.33. The predicted octanol–water partition coefficient (Wildman–Crippen LogP) is 6.04. The minimum absolute atomic E-state index is 0.0665. The highest BCUT2D eigenvalue weighted by atomic mass is 19.4. The first-order valence-corrected chi connectivity index (χ1v) is 13.1. The van der Waals surface area contributed by atoms with Gasteiger partial charge in [-0.1, -0.05) is 42.5 Å². The highest BCUT2D eigenvalue weighted by Crippen LogP contribution is 2.40. The van der Waals surface area contributed by atoms with Crippen LogP contribution in [0.25, 0.3) is 0 Å². The smallest absolute Gasteiger partial charge is 0.353 e. The van der Waals surface area contributed by atoms with Crippen molar-refractivity contribution in [2.24, 2.45) is 0 Å². The van der Waals surface area contributed by atoms with Crippen molar-refractivity contribution in [2.75, 3.05) is 11.4 Å². The molecule has 0 bridgehead atoms. The second-order valence-corrected chi connectivity index (χ2v) is 9.68. The van der Waals surface area contributed by atoms with Crippen LogP contribution in [0, 0.1) is 10.1 Å². The number of rotatable bonds is 14. The van der Waals surface area contributed by atoms with E-state index in [4.69, 9.17) is 4.74 Å². The molecule has 1 aromatic carbocycles. The zero-order chi connectivity index (χ0) is 33.3. The minimum Gasteiger partial charge on any atom is -0.353 e. The molecule has 0 saturated heterocycles. The first-order chi connectivity index (χ1) is 20.5. The summed E-state index contributed by atoms with van der Waals surface area (Å²) in [5, 5.41) is 11.7. The molecule has 0 aliphatic rings. The Morgan fingerprint density at radius 1 is 1.07 bits per heavy atom. The molecule has 1 unspecified atom stereocenters. The summed E-state index contributed by atoms with van der Waals surface area (Å²) in [5.41, 5.74) is -4.15. The second-order valence-electron chi connectivity index (χ2n) is 9.68. The van der Waals surface area contributed by atoms with Crippen molar-refractivity contribution in [3.63, 3.8) is 0 Å². The van der Waals surface area contributed by atoms with E-state index in [1.807, 2.05) is 0 Å². The molecule has 2 aromatic rings. The van der Waals surface area contributed by atoms with Crippen LogP contribution >= 0.6 is 0 Å². The molecule has 0 radical (unpaired) electrons. The van der Waals surface area contributed by atoms with Crippen molar-refractivity contribution in [1.82, 2.24) is 15.8 Å². The fourth-order valence-corrected chi connectivity index (χ4v) is 4.03. The zero-order valence-electron chi connectivity index (χ0n) is 23.8. The molecule has 1 atom stereocenters. The van der Waals surface area contributed by atoms with Gasteiger partial charge in [-0.3, -0.25) is 30.6 Å². The van der Waals surface area contributed by atoms with Crippen molar-refractivity contribution in [1.29, 1.82) is 0 Å². The number of halogens is 6. The van der Waals surface area contributed by atoms with E-state index in [2.05, 4.69) is 18.1 Å². The Morgan fingerprint density at radius 3 is 2.18 bits per heavy atom. The van der Waals surface area contributed by atoms with Gasteiger partial charge in [0.15, 0.2) is 0 Å². The van der Waals surface area contributed by atoms with E-state index < -0.39 is 76.5 Å². The molecule has 0 aliphatic carbocycles. The molecule has 0 fully saturated rings. The Hall–Kier alpha value is -4.47. The number of aromatic nitrogens is 1. The van der Waals surface area contributed by atoms with Crippen LogP contribution in [-0.4, -0.2) is 46.1 Å². The fourth-order valence-electron chi connectivity index (χ4n) is 4.03. The van der Waals surface area contributed by atoms with Gasteiger partial charge in [-0.15, -0.1) is 13.2 Å². The number of nitrogens with zero attached hydrogens (tertiary/aromatic N) is 3. The molecule has 10 nitrogen and oxygen atoms in total. The Labute approximate surface area is 248 Å². The van der Waals surface area contributed by atoms with Crippen LogP contribution in [0.4, 0.5) is 37.8 Å². The van der Waals surface area contributed by atoms with E-state index in [0.717, 1.165) is 11.0 Å². The highest BCUT2D eigenvalue weighted by Gasteiger charge is 2.61. The molecular weight excluding hydrogens is 600 g/mol. The average Bonchev–Trinajstić information content (AvgIpc) is 2.94. The standard InChI is InChI=1S/C28H31F6N5O5/c1-5-7-14-26(28(32,33)34,44-17-19-12-10-9-11-13-19)25(41)37-36-24(40)22-21(39(42)43)16-20(27(29,30)31)23(35-22)38(18(3)4)15-8-6-2/h5-6,9-13,16,18H,1-2,7-8,14-15,17H2,3-4H3,(H,36,40)(H,37,41). The maximum absolute atomic E-state index is 14.4. The molecule has 44 heavy (non-hydrogen) atoms. The third-order valence-electron chi connectivity index (χ3n) is 6.31. The number of amides is 2. The monoisotopic (exact) mass is 631 g/mol. The largest absolute Gasteiger partial charge is 0.426 e. The molecule has 16 heteroatoms. The summed E-state index contributed by atoms with van der Waals surface area (Å²) in [6.45, 7) is 9.17. The summed E-state index contributed by atoms with van der Waals surface area (Å²) in [5.74, 6) is -4.37. The lowest BCUT2D eigenvalue weighted by Gasteiger charge is -2.34. The van der Waals surface area contributed by atoms with Gasteiger partial charge in [-0.2, -0.15) is 26.3 Å². The van der Waals surface area contributed by atoms with Crippen molar-refractivity contribution >= 4 is 23.3 Å². The van der Waals surface area contributed by atoms with Crippen LogP contribution in [0.1, 0.15) is 54.7 Å². The SMILES string of the molecule is C=CCCN(c1nc(C(=O)NNC(=O)C(CCC=C)(OCc2ccccc2)C(F)(F)F)c([N+](=O)[O-])cc1C(F)(F)F)C(C)C. The third kappa shape index (κ3) is 8.55. The summed E-state index contributed by atoms with van der Waals surface area (Å²) in [4.78, 5) is 41.2. The van der Waals surface area contributed by atoms with E-state index in [0.29, 0.717) is 5.56 Å². The topological polar surface area (TPSA) is 127 Å². The van der Waals surface area contributed by atoms with Crippen LogP contribution in [0.5, 0.6) is 0 Å². The number of ether oxygens (including phenoxy) is 1. The lowest BCUT2D eigenvalue weighted by atomic mass is 9.95. The number of hydrazine groups is 1. The van der Waals surface area contributed by atoms with Gasteiger partial charge in [0.25, 0.3) is 11.8 Å². The maximum atomic E-state index is 14.4. The van der Waals surface area contributed by atoms with E-state index >= 15 is 0 Å². The van der Waals surface area contributed by atoms with Gasteiger partial charge in [0.2, 0.25) is 11.3 Å². The van der Waals surface area contributed by atoms with Gasteiger partial charge in [0, 0.05) is 18.7 Å². The van der Waals surface area contributed by atoms with Crippen LogP contribution in [-0.2, 0) is 22.3 Å². The summed E-state index contributed by atoms with van der Waals surface area (Å²) < 4.78 is 90.2. The number of nitro groups is 1. The normalized spacial score (nSPS) is 13.1. The van der Waals surface area contributed by atoms with Crippen LogP contribution in [0.15, 0.2) is 61.7 Å². The molecule has 2 N–H and O–H groups in total. The average molecular weight is 632 g/mol. The van der Waals surface area contributed by atoms with Gasteiger partial charge in [0.1, 0.15) is 11.4 Å². The molecule has 0 spiro atoms. The van der Waals surface area contributed by atoms with Crippen molar-refractivity contribution in [2.45, 2.75) is 63.7 Å². The first-order valence-electron chi connectivity index (χ1n) is 13.1. The second kappa shape index (κ2) is 14.8. The number of carbonyl (C=O) groups excluding carboxylic acids is 2. The van der Waals surface area contributed by atoms with Gasteiger partial charge in [-0.05, 0) is 38.7 Å². The molecular formula is C28H31F6N5O5. The number of carbonyl (C=O) groups is 2. The lowest BCUT2D eigenvalue weighted by molar-refractivity contribution is -0.385. The Balaban J connectivity index is 2.54. The number of pyridine rings is 1. The van der Waals surface area contributed by atoms with Gasteiger partial charge in [-0.25, -0.2) is 4.98 Å². The van der Waals surface area contributed by atoms with Crippen LogP contribution in [0.3, 0.4) is 0 Å². The van der Waals surface area contributed by atoms with Gasteiger partial charge < -0.3 is 9.64 Å². The molecule has 1 heterocycles. The van der Waals surface area contributed by atoms with Gasteiger partial charge >= 0.3 is 18.0 Å². The number of nitrogens with one attached hydrogen (secondary N) is 2. The molecule has 240 valence electrons. The number of hydrogen-bond acceptors (Lipinski definition) is 7. The van der Waals surface area contributed by atoms with Crippen LogP contribution in [0.2, 0.25) is 0 Å². The lowest BCUT2D eigenvalue weighted by Crippen LogP contribution is -2.61. The van der Waals surface area contributed by atoms with Crippen molar-refractivity contribution in [3.8, 4) is 0 Å². The fraction of sp³-hybridized carbons (Fsp3) is 0.393. The number of benzene rings is 1. The maximum Gasteiger partial charge on any atom is 0.426 e. The highest BCUT2D eigenvalue weighted by molar-refractivity contribution is 5.98. The van der Waals surface area contributed by atoms with Crippen molar-refractivity contribution < 1.29 is 45.6 Å². The van der Waals surface area contributed by atoms with E-state index in [-0.39, 0.29) is 25.5 Å². The molecule has 1 aromatic heterocycles. The number of hydrogen-bond donors (Lipinski definition) is 2. The zero-order valence-corrected chi connectivity index (χ0v) is 23.8. The predicted molar refractivity (Wildman–Crippen MR) is 148 cm³/mol.